The molecule has 0 saturated carbocycles. The highest BCUT2D eigenvalue weighted by atomic mass is 32.2. The van der Waals surface area contributed by atoms with Gasteiger partial charge in [0.1, 0.15) is 22.0 Å². The lowest BCUT2D eigenvalue weighted by Crippen LogP contribution is -2.23. The van der Waals surface area contributed by atoms with Gasteiger partial charge in [-0.15, -0.1) is 0 Å². The van der Waals surface area contributed by atoms with Crippen molar-refractivity contribution in [3.63, 3.8) is 0 Å². The van der Waals surface area contributed by atoms with Gasteiger partial charge in [-0.3, -0.25) is 9.00 Å². The van der Waals surface area contributed by atoms with Crippen molar-refractivity contribution in [3.8, 4) is 11.6 Å². The van der Waals surface area contributed by atoms with Gasteiger partial charge >= 0.3 is 11.7 Å². The fourth-order valence-electron chi connectivity index (χ4n) is 2.51. The Balaban J connectivity index is 2.07. The van der Waals surface area contributed by atoms with Crippen molar-refractivity contribution in [2.75, 3.05) is 11.5 Å². The molecule has 0 fully saturated rings. The maximum atomic E-state index is 13.0. The minimum absolute atomic E-state index is 0.213. The number of fused-ring (bicyclic) bond motifs is 1. The molecule has 3 rings (SSSR count). The summed E-state index contributed by atoms with van der Waals surface area (Å²) < 4.78 is 117. The van der Waals surface area contributed by atoms with Gasteiger partial charge in [0.05, 0.1) is 22.0 Å². The van der Waals surface area contributed by atoms with E-state index in [1.807, 2.05) is 0 Å². The number of carbonyl (C=O) groups excluding carboxylic acids is 1. The number of oxazole rings is 1. The molecule has 0 aliphatic carbocycles. The summed E-state index contributed by atoms with van der Waals surface area (Å²) in [5.41, 5.74) is -7.85. The highest BCUT2D eigenvalue weighted by Crippen LogP contribution is 2.34. The Morgan fingerprint density at radius 2 is 1.76 bits per heavy atom. The van der Waals surface area contributed by atoms with Gasteiger partial charge in [-0.05, 0) is 12.1 Å². The quantitative estimate of drug-likeness (QED) is 0.361. The topological polar surface area (TPSA) is 120 Å². The van der Waals surface area contributed by atoms with Gasteiger partial charge in [-0.25, -0.2) is 23.4 Å². The van der Waals surface area contributed by atoms with Crippen molar-refractivity contribution in [1.82, 2.24) is 15.0 Å². The SMILES string of the molecule is CCS(=O)(=O)c1cc(C(F)(F)F)cnc1-c1nc2cc(C(=O)CS(=O)C(F)(F)F)cnc2o1. The van der Waals surface area contributed by atoms with Crippen LogP contribution in [0.1, 0.15) is 22.8 Å². The number of sulfone groups is 1. The highest BCUT2D eigenvalue weighted by Gasteiger charge is 2.38. The molecule has 0 spiro atoms. The zero-order valence-electron chi connectivity index (χ0n) is 16.2. The van der Waals surface area contributed by atoms with E-state index in [1.165, 1.54) is 6.92 Å². The Morgan fingerprint density at radius 3 is 2.33 bits per heavy atom. The smallest absolute Gasteiger partial charge is 0.416 e. The highest BCUT2D eigenvalue weighted by molar-refractivity contribution is 7.91. The van der Waals surface area contributed by atoms with Crippen LogP contribution in [-0.4, -0.2) is 50.4 Å². The zero-order valence-corrected chi connectivity index (χ0v) is 17.8. The first-order valence-corrected chi connectivity index (χ1v) is 11.7. The van der Waals surface area contributed by atoms with Crippen LogP contribution in [0, 0.1) is 0 Å². The number of aromatic nitrogens is 3. The number of nitrogens with zero attached hydrogens (tertiary/aromatic N) is 3. The van der Waals surface area contributed by atoms with Gasteiger partial charge in [-0.2, -0.15) is 26.3 Å². The molecule has 16 heteroatoms. The van der Waals surface area contributed by atoms with Crippen molar-refractivity contribution in [3.05, 3.63) is 35.7 Å². The number of hydrogen-bond donors (Lipinski definition) is 0. The van der Waals surface area contributed by atoms with Crippen LogP contribution in [0.3, 0.4) is 0 Å². The molecule has 0 radical (unpaired) electrons. The molecule has 0 saturated heterocycles. The number of hydrogen-bond acceptors (Lipinski definition) is 8. The fraction of sp³-hybridized carbons (Fsp3) is 0.294. The van der Waals surface area contributed by atoms with Gasteiger partial charge in [0.2, 0.25) is 11.6 Å². The molecule has 0 aliphatic heterocycles. The first-order chi connectivity index (χ1) is 15.1. The summed E-state index contributed by atoms with van der Waals surface area (Å²) in [5.74, 6) is -3.62. The first kappa shape index (κ1) is 24.8. The van der Waals surface area contributed by atoms with E-state index >= 15 is 0 Å². The largest absolute Gasteiger partial charge is 0.471 e. The van der Waals surface area contributed by atoms with Crippen LogP contribution in [0.25, 0.3) is 22.8 Å². The summed E-state index contributed by atoms with van der Waals surface area (Å²) in [5, 5.41) is 0. The summed E-state index contributed by atoms with van der Waals surface area (Å²) in [4.78, 5) is 22.3. The molecule has 33 heavy (non-hydrogen) atoms. The molecule has 1 unspecified atom stereocenters. The number of alkyl halides is 6. The van der Waals surface area contributed by atoms with Gasteiger partial charge in [0, 0.05) is 18.0 Å². The Labute approximate surface area is 183 Å². The van der Waals surface area contributed by atoms with E-state index in [2.05, 4.69) is 15.0 Å². The Kier molecular flexibility index (Phi) is 6.36. The van der Waals surface area contributed by atoms with Crippen LogP contribution in [0.2, 0.25) is 0 Å². The van der Waals surface area contributed by atoms with E-state index in [1.54, 1.807) is 0 Å². The zero-order chi connectivity index (χ0) is 24.8. The molecule has 3 aromatic heterocycles. The van der Waals surface area contributed by atoms with E-state index in [-0.39, 0.29) is 16.8 Å². The molecule has 0 bridgehead atoms. The number of rotatable bonds is 6. The second-order valence-electron chi connectivity index (χ2n) is 6.40. The second kappa shape index (κ2) is 8.48. The Bertz CT molecular complexity index is 1370. The minimum atomic E-state index is -5.09. The maximum absolute atomic E-state index is 13.0. The van der Waals surface area contributed by atoms with Crippen LogP contribution >= 0.6 is 0 Å². The minimum Gasteiger partial charge on any atom is -0.416 e. The van der Waals surface area contributed by atoms with Crippen LogP contribution in [0.5, 0.6) is 0 Å². The third-order valence-corrected chi connectivity index (χ3v) is 6.97. The third kappa shape index (κ3) is 5.21. The van der Waals surface area contributed by atoms with E-state index in [9.17, 15) is 43.8 Å². The monoisotopic (exact) mass is 515 g/mol. The maximum Gasteiger partial charge on any atom is 0.471 e. The van der Waals surface area contributed by atoms with Gasteiger partial charge in [0.25, 0.3) is 0 Å². The van der Waals surface area contributed by atoms with Crippen molar-refractivity contribution in [2.24, 2.45) is 0 Å². The molecular weight excluding hydrogens is 504 g/mol. The molecule has 0 amide bonds. The van der Waals surface area contributed by atoms with Crippen molar-refractivity contribution in [1.29, 1.82) is 0 Å². The molecule has 0 aliphatic rings. The first-order valence-electron chi connectivity index (χ1n) is 8.69. The van der Waals surface area contributed by atoms with Gasteiger partial charge < -0.3 is 4.42 Å². The Morgan fingerprint density at radius 1 is 1.09 bits per heavy atom. The summed E-state index contributed by atoms with van der Waals surface area (Å²) in [6.07, 6.45) is -3.66. The number of pyridine rings is 2. The summed E-state index contributed by atoms with van der Waals surface area (Å²) in [6.45, 7) is 1.20. The van der Waals surface area contributed by atoms with Crippen LogP contribution in [0.4, 0.5) is 26.3 Å². The summed E-state index contributed by atoms with van der Waals surface area (Å²) in [7, 11) is -7.66. The third-order valence-electron chi connectivity index (χ3n) is 4.19. The number of carbonyl (C=O) groups is 1. The lowest BCUT2D eigenvalue weighted by atomic mass is 10.2. The molecule has 3 heterocycles. The number of halogens is 6. The molecule has 0 aromatic carbocycles. The predicted molar refractivity (Wildman–Crippen MR) is 101 cm³/mol. The molecule has 1 atom stereocenters. The normalized spacial score (nSPS) is 13.9. The summed E-state index contributed by atoms with van der Waals surface area (Å²) >= 11 is 0. The van der Waals surface area contributed by atoms with Gasteiger partial charge in [-0.1, -0.05) is 6.92 Å². The number of ketones is 1. The van der Waals surface area contributed by atoms with Crippen molar-refractivity contribution >= 4 is 37.7 Å². The average molecular weight is 515 g/mol. The van der Waals surface area contributed by atoms with E-state index < -0.39 is 71.7 Å². The molecule has 3 aromatic rings. The van der Waals surface area contributed by atoms with E-state index in [0.29, 0.717) is 12.3 Å². The molecule has 0 N–H and O–H groups in total. The molecule has 178 valence electrons. The standard InChI is InChI=1S/C17H11F6N3O5S2/c1-2-33(29,30)12-4-9(16(18,19)20)6-24-13(12)15-26-10-3-8(5-25-14(10)31-15)11(27)7-32(28)17(21,22)23/h3-6H,2,7H2,1H3. The van der Waals surface area contributed by atoms with Crippen molar-refractivity contribution < 1.29 is 48.2 Å². The number of Topliss-reactive ketones (excluding diaryl/α,β-unsaturated/α-hetero) is 1. The Hall–Kier alpha value is -2.88. The van der Waals surface area contributed by atoms with Gasteiger partial charge in [0.15, 0.2) is 15.6 Å². The van der Waals surface area contributed by atoms with E-state index in [4.69, 9.17) is 4.42 Å². The molecule has 8 nitrogen and oxygen atoms in total. The van der Waals surface area contributed by atoms with Crippen LogP contribution in [0.15, 0.2) is 33.8 Å². The van der Waals surface area contributed by atoms with Crippen LogP contribution in [-0.2, 0) is 26.8 Å². The summed E-state index contributed by atoms with van der Waals surface area (Å²) in [6, 6.07) is 1.34. The fourth-order valence-corrected chi connectivity index (χ4v) is 4.13. The van der Waals surface area contributed by atoms with Crippen LogP contribution < -0.4 is 0 Å². The lowest BCUT2D eigenvalue weighted by molar-refractivity contribution is -0.138. The van der Waals surface area contributed by atoms with Crippen molar-refractivity contribution in [2.45, 2.75) is 23.5 Å². The average Bonchev–Trinajstić information content (AvgIpc) is 3.15. The molecular formula is C17H11F6N3O5S2. The second-order valence-corrected chi connectivity index (χ2v) is 10.1. The van der Waals surface area contributed by atoms with E-state index in [0.717, 1.165) is 12.3 Å². The lowest BCUT2D eigenvalue weighted by Gasteiger charge is -2.10. The predicted octanol–water partition coefficient (Wildman–Crippen LogP) is 3.55.